The quantitative estimate of drug-likeness (QED) is 0.170. The van der Waals surface area contributed by atoms with E-state index in [1.54, 1.807) is 0 Å². The van der Waals surface area contributed by atoms with Crippen LogP contribution in [0.15, 0.2) is 12.3 Å². The van der Waals surface area contributed by atoms with Crippen molar-refractivity contribution >= 4 is 47.0 Å². The Morgan fingerprint density at radius 2 is 1.91 bits per heavy atom. The van der Waals surface area contributed by atoms with Gasteiger partial charge in [-0.05, 0) is 31.4 Å². The van der Waals surface area contributed by atoms with Gasteiger partial charge in [-0.1, -0.05) is 12.0 Å². The van der Waals surface area contributed by atoms with Crippen LogP contribution in [0.5, 0.6) is 0 Å². The molecule has 2 heterocycles. The van der Waals surface area contributed by atoms with Gasteiger partial charge in [-0.3, -0.25) is 19.5 Å². The summed E-state index contributed by atoms with van der Waals surface area (Å²) in [6.45, 7) is 1.22. The van der Waals surface area contributed by atoms with Crippen LogP contribution in [0.2, 0.25) is 0 Å². The Morgan fingerprint density at radius 1 is 1.26 bits per heavy atom. The van der Waals surface area contributed by atoms with E-state index in [4.69, 9.17) is 36.4 Å². The highest BCUT2D eigenvalue weighted by Crippen LogP contribution is 2.69. The maximum Gasteiger partial charge on any atom is 0.490 e. The van der Waals surface area contributed by atoms with Gasteiger partial charge in [0.05, 0.1) is 6.10 Å². The topological polar surface area (TPSA) is 244 Å². The smallest absolute Gasteiger partial charge is 0.345 e. The summed E-state index contributed by atoms with van der Waals surface area (Å²) >= 11 is 5.57. The number of halogens is 1. The van der Waals surface area contributed by atoms with E-state index in [0.717, 1.165) is 4.90 Å². The number of phosphoric acid groups is 3. The Labute approximate surface area is 203 Å². The summed E-state index contributed by atoms with van der Waals surface area (Å²) in [6, 6.07) is -0.876. The molecule has 0 spiro atoms. The molecule has 3 aliphatic rings. The van der Waals surface area contributed by atoms with Gasteiger partial charge in [-0.2, -0.15) is 8.62 Å². The molecule has 0 aromatic rings. The molecule has 16 nitrogen and oxygen atoms in total. The van der Waals surface area contributed by atoms with Crippen molar-refractivity contribution in [2.45, 2.75) is 49.7 Å². The number of fused-ring (bicyclic) bond motifs is 1. The van der Waals surface area contributed by atoms with Crippen LogP contribution >= 0.6 is 35.1 Å². The fourth-order valence-corrected chi connectivity index (χ4v) is 7.39. The van der Waals surface area contributed by atoms with Crippen molar-refractivity contribution in [3.8, 4) is 11.3 Å². The van der Waals surface area contributed by atoms with Crippen LogP contribution in [0, 0.1) is 17.2 Å². The van der Waals surface area contributed by atoms with Gasteiger partial charge in [0, 0.05) is 23.9 Å². The van der Waals surface area contributed by atoms with Gasteiger partial charge in [0.2, 0.25) is 5.91 Å². The van der Waals surface area contributed by atoms with Crippen molar-refractivity contribution < 1.29 is 60.7 Å². The molecule has 1 aliphatic carbocycles. The minimum atomic E-state index is -5.73. The molecule has 2 fully saturated rings. The number of imide groups is 1. The first-order valence-corrected chi connectivity index (χ1v) is 14.6. The summed E-state index contributed by atoms with van der Waals surface area (Å²) < 4.78 is 52.9. The predicted molar refractivity (Wildman–Crippen MR) is 114 cm³/mol. The minimum absolute atomic E-state index is 0.0700. The van der Waals surface area contributed by atoms with E-state index >= 15 is 0 Å². The largest absolute Gasteiger partial charge is 0.490 e. The van der Waals surface area contributed by atoms with E-state index in [2.05, 4.69) is 25.2 Å². The van der Waals surface area contributed by atoms with Gasteiger partial charge >= 0.3 is 29.5 Å². The highest BCUT2D eigenvalue weighted by atomic mass is 35.5. The first kappa shape index (κ1) is 28.4. The van der Waals surface area contributed by atoms with Gasteiger partial charge in [-0.25, -0.2) is 18.5 Å². The lowest BCUT2D eigenvalue weighted by Gasteiger charge is -2.36. The molecule has 1 saturated heterocycles. The Hall–Kier alpha value is -1.14. The Balaban J connectivity index is 1.84. The van der Waals surface area contributed by atoms with Crippen molar-refractivity contribution in [2.24, 2.45) is 11.7 Å². The van der Waals surface area contributed by atoms with E-state index in [1.165, 1.54) is 19.2 Å². The van der Waals surface area contributed by atoms with E-state index in [-0.39, 0.29) is 12.8 Å². The number of phosphoric ester groups is 1. The molecule has 3 rings (SSSR count). The highest BCUT2D eigenvalue weighted by molar-refractivity contribution is 7.66. The second-order valence-electron chi connectivity index (χ2n) is 7.86. The molecule has 3 amide bonds. The van der Waals surface area contributed by atoms with Crippen molar-refractivity contribution in [1.29, 1.82) is 0 Å². The van der Waals surface area contributed by atoms with Crippen LogP contribution in [-0.4, -0.2) is 59.9 Å². The average molecular weight is 580 g/mol. The van der Waals surface area contributed by atoms with Crippen LogP contribution in [-0.2, 0) is 36.4 Å². The Kier molecular flexibility index (Phi) is 7.82. The lowest BCUT2D eigenvalue weighted by molar-refractivity contribution is -0.121. The third kappa shape index (κ3) is 6.23. The number of rotatable bonds is 8. The average Bonchev–Trinajstić information content (AvgIpc) is 3.33. The summed E-state index contributed by atoms with van der Waals surface area (Å²) in [5, 5.41) is 4.27. The van der Waals surface area contributed by atoms with Crippen LogP contribution in [0.1, 0.15) is 26.2 Å². The number of nitrogens with zero attached hydrogens (tertiary/aromatic N) is 1. The molecule has 196 valence electrons. The van der Waals surface area contributed by atoms with Gasteiger partial charge < -0.3 is 30.0 Å². The lowest BCUT2D eigenvalue weighted by Crippen LogP contribution is -2.59. The van der Waals surface area contributed by atoms with Gasteiger partial charge in [0.25, 0.3) is 0 Å². The second kappa shape index (κ2) is 9.63. The zero-order valence-electron chi connectivity index (χ0n) is 17.7. The van der Waals surface area contributed by atoms with Crippen molar-refractivity contribution in [1.82, 2.24) is 10.2 Å². The summed E-state index contributed by atoms with van der Waals surface area (Å²) in [7, 11) is -16.8. The predicted octanol–water partition coefficient (Wildman–Crippen LogP) is 0.576. The summed E-state index contributed by atoms with van der Waals surface area (Å²) in [6.07, 6.45) is 0.559. The SMILES string of the molecule is CC(OP(=O)(O)OP(=O)(O)OP(=O)(O)O)C12CC1C(N)(C#CCl)[C@H](N1/C=C\CCC(=O)NC1=O)O2. The molecule has 20 heteroatoms. The molecule has 1 saturated carbocycles. The summed E-state index contributed by atoms with van der Waals surface area (Å²) in [5.41, 5.74) is 3.34. The van der Waals surface area contributed by atoms with Gasteiger partial charge in [0.15, 0.2) is 6.23 Å². The number of nitrogens with one attached hydrogen (secondary N) is 1. The van der Waals surface area contributed by atoms with Crippen LogP contribution < -0.4 is 11.1 Å². The third-order valence-corrected chi connectivity index (χ3v) is 9.47. The molecule has 7 N–H and O–H groups in total. The number of urea groups is 1. The van der Waals surface area contributed by atoms with Crippen LogP contribution in [0.4, 0.5) is 4.79 Å². The lowest BCUT2D eigenvalue weighted by atomic mass is 9.92. The number of hydrogen-bond acceptors (Lipinski definition) is 10. The van der Waals surface area contributed by atoms with Crippen molar-refractivity contribution in [3.63, 3.8) is 0 Å². The van der Waals surface area contributed by atoms with E-state index in [0.29, 0.717) is 6.42 Å². The molecule has 0 radical (unpaired) electrons. The zero-order chi connectivity index (χ0) is 26.4. The number of allylic oxidation sites excluding steroid dienone is 1. The van der Waals surface area contributed by atoms with Crippen molar-refractivity contribution in [2.75, 3.05) is 0 Å². The number of carbonyl (C=O) groups excluding carboxylic acids is 2. The fraction of sp³-hybridized carbons (Fsp3) is 0.600. The maximum atomic E-state index is 12.6. The number of hydrogen-bond donors (Lipinski definition) is 6. The minimum Gasteiger partial charge on any atom is -0.345 e. The summed E-state index contributed by atoms with van der Waals surface area (Å²) in [5.74, 6) is 1.27. The molecule has 7 atom stereocenters. The van der Waals surface area contributed by atoms with E-state index < -0.39 is 64.8 Å². The number of amides is 3. The molecule has 0 bridgehead atoms. The maximum absolute atomic E-state index is 12.6. The first-order valence-electron chi connectivity index (χ1n) is 9.65. The standard InChI is InChI=1S/C15H21ClN3O13P3/c1-9(30-34(25,26)32-35(27,28)31-33(22,23)24)15-8-10(15)14(17,5-6-16)12(29-15)19-7-3-2-4-11(20)18-13(19)21/h3,7,9-10,12H,2,4,8,17H2,1H3,(H,25,26)(H,27,28)(H,18,20,21)(H2,22,23,24)/b7-3-/t9?,10?,12-,14?,15?/m1/s1. The third-order valence-electron chi connectivity index (χ3n) is 5.47. The normalized spacial score (nSPS) is 35.8. The van der Waals surface area contributed by atoms with Gasteiger partial charge in [0.1, 0.15) is 11.1 Å². The molecule has 2 aliphatic heterocycles. The molecule has 35 heavy (non-hydrogen) atoms. The first-order chi connectivity index (χ1) is 15.9. The molecule has 0 aromatic heterocycles. The number of carbonyl (C=O) groups is 2. The molecular formula is C15H21ClN3O13P3. The summed E-state index contributed by atoms with van der Waals surface area (Å²) in [4.78, 5) is 61.9. The molecular weight excluding hydrogens is 559 g/mol. The Bertz CT molecular complexity index is 1150. The van der Waals surface area contributed by atoms with E-state index in [1.807, 2.05) is 0 Å². The molecule has 6 unspecified atom stereocenters. The number of ether oxygens (including phenoxy) is 1. The van der Waals surface area contributed by atoms with Crippen LogP contribution in [0.3, 0.4) is 0 Å². The second-order valence-corrected chi connectivity index (χ2v) is 12.4. The zero-order valence-corrected chi connectivity index (χ0v) is 21.2. The monoisotopic (exact) mass is 579 g/mol. The van der Waals surface area contributed by atoms with Gasteiger partial charge in [-0.15, -0.1) is 0 Å². The number of nitrogens with two attached hydrogens (primary N) is 1. The fourth-order valence-electron chi connectivity index (χ4n) is 3.99. The van der Waals surface area contributed by atoms with Crippen molar-refractivity contribution in [3.05, 3.63) is 12.3 Å². The van der Waals surface area contributed by atoms with Crippen LogP contribution in [0.25, 0.3) is 0 Å². The molecule has 0 aromatic carbocycles. The van der Waals surface area contributed by atoms with E-state index in [9.17, 15) is 33.1 Å². The highest BCUT2D eigenvalue weighted by Gasteiger charge is 2.77. The Morgan fingerprint density at radius 3 is 2.51 bits per heavy atom.